The number of aryl methyl sites for hydroxylation is 2. The van der Waals surface area contributed by atoms with Gasteiger partial charge in [0.05, 0.1) is 29.2 Å². The van der Waals surface area contributed by atoms with Gasteiger partial charge in [-0.25, -0.2) is 9.97 Å². The molecular formula is C21H20N4O4S. The average molecular weight is 424 g/mol. The molecule has 0 aliphatic rings. The van der Waals surface area contributed by atoms with Crippen molar-refractivity contribution in [2.24, 2.45) is 0 Å². The molecule has 3 rings (SSSR count). The molecule has 0 fully saturated rings. The predicted molar refractivity (Wildman–Crippen MR) is 116 cm³/mol. The summed E-state index contributed by atoms with van der Waals surface area (Å²) in [7, 11) is 1.43. The summed E-state index contributed by atoms with van der Waals surface area (Å²) in [5, 5.41) is 14.1. The summed E-state index contributed by atoms with van der Waals surface area (Å²) in [6, 6.07) is 13.9. The zero-order valence-electron chi connectivity index (χ0n) is 16.7. The summed E-state index contributed by atoms with van der Waals surface area (Å²) < 4.78 is 5.16. The lowest BCUT2D eigenvalue weighted by Gasteiger charge is -2.10. The maximum atomic E-state index is 12.4. The van der Waals surface area contributed by atoms with Gasteiger partial charge in [0.25, 0.3) is 5.69 Å². The monoisotopic (exact) mass is 424 g/mol. The molecule has 0 bridgehead atoms. The highest BCUT2D eigenvalue weighted by molar-refractivity contribution is 7.99. The number of aromatic nitrogens is 2. The van der Waals surface area contributed by atoms with E-state index in [1.165, 1.54) is 37.1 Å². The molecule has 0 spiro atoms. The third-order valence-corrected chi connectivity index (χ3v) is 5.03. The van der Waals surface area contributed by atoms with Crippen LogP contribution >= 0.6 is 11.8 Å². The number of carbonyl (C=O) groups is 1. The van der Waals surface area contributed by atoms with Gasteiger partial charge in [-0.2, -0.15) is 0 Å². The first-order valence-corrected chi connectivity index (χ1v) is 10.0. The molecule has 0 aliphatic heterocycles. The van der Waals surface area contributed by atoms with Gasteiger partial charge in [0.1, 0.15) is 5.75 Å². The number of hydrogen-bond donors (Lipinski definition) is 1. The highest BCUT2D eigenvalue weighted by Gasteiger charge is 2.15. The first-order chi connectivity index (χ1) is 14.4. The molecule has 3 aromatic rings. The Balaban J connectivity index is 1.71. The molecule has 0 aliphatic carbocycles. The van der Waals surface area contributed by atoms with Gasteiger partial charge in [-0.05, 0) is 26.0 Å². The summed E-state index contributed by atoms with van der Waals surface area (Å²) in [5.41, 5.74) is 3.81. The van der Waals surface area contributed by atoms with E-state index in [1.807, 2.05) is 44.2 Å². The topological polar surface area (TPSA) is 107 Å². The van der Waals surface area contributed by atoms with E-state index in [-0.39, 0.29) is 23.0 Å². The largest absolute Gasteiger partial charge is 0.495 e. The minimum absolute atomic E-state index is 0.0443. The number of benzene rings is 2. The summed E-state index contributed by atoms with van der Waals surface area (Å²) in [6.45, 7) is 3.89. The quantitative estimate of drug-likeness (QED) is 0.259. The third-order valence-electron chi connectivity index (χ3n) is 4.18. The van der Waals surface area contributed by atoms with Crippen LogP contribution in [0.5, 0.6) is 5.75 Å². The summed E-state index contributed by atoms with van der Waals surface area (Å²) >= 11 is 1.19. The average Bonchev–Trinajstić information content (AvgIpc) is 2.72. The molecule has 0 saturated carbocycles. The number of thioether (sulfide) groups is 1. The summed E-state index contributed by atoms with van der Waals surface area (Å²) in [5.74, 6) is 0.0380. The number of ether oxygens (including phenoxy) is 1. The summed E-state index contributed by atoms with van der Waals surface area (Å²) in [4.78, 5) is 31.8. The fourth-order valence-corrected chi connectivity index (χ4v) is 3.41. The van der Waals surface area contributed by atoms with Crippen molar-refractivity contribution in [3.63, 3.8) is 0 Å². The first-order valence-electron chi connectivity index (χ1n) is 9.03. The third kappa shape index (κ3) is 5.32. The van der Waals surface area contributed by atoms with Gasteiger partial charge in [0.2, 0.25) is 5.91 Å². The molecular weight excluding hydrogens is 404 g/mol. The molecule has 0 radical (unpaired) electrons. The Hall–Kier alpha value is -3.46. The molecule has 9 heteroatoms. The highest BCUT2D eigenvalue weighted by atomic mass is 32.2. The van der Waals surface area contributed by atoms with Crippen molar-refractivity contribution in [1.82, 2.24) is 9.97 Å². The van der Waals surface area contributed by atoms with E-state index in [1.54, 1.807) is 0 Å². The first kappa shape index (κ1) is 21.3. The SMILES string of the molecule is COc1ccc([N+](=O)[O-])cc1NC(=O)CSc1nc(C)cc(-c2ccc(C)cc2)n1. The minimum atomic E-state index is -0.531. The highest BCUT2D eigenvalue weighted by Crippen LogP contribution is 2.29. The van der Waals surface area contributed by atoms with E-state index in [0.717, 1.165) is 22.5 Å². The van der Waals surface area contributed by atoms with Crippen molar-refractivity contribution >= 4 is 29.0 Å². The zero-order valence-corrected chi connectivity index (χ0v) is 17.5. The van der Waals surface area contributed by atoms with E-state index in [2.05, 4.69) is 15.3 Å². The number of methoxy groups -OCH3 is 1. The molecule has 1 heterocycles. The van der Waals surface area contributed by atoms with Crippen LogP contribution in [0.4, 0.5) is 11.4 Å². The Morgan fingerprint density at radius 1 is 1.13 bits per heavy atom. The zero-order chi connectivity index (χ0) is 21.7. The second-order valence-corrected chi connectivity index (χ2v) is 7.46. The lowest BCUT2D eigenvalue weighted by atomic mass is 10.1. The Bertz CT molecular complexity index is 1090. The van der Waals surface area contributed by atoms with Crippen LogP contribution in [-0.2, 0) is 4.79 Å². The number of non-ortho nitro benzene ring substituents is 1. The molecule has 1 aromatic heterocycles. The Morgan fingerprint density at radius 3 is 2.53 bits per heavy atom. The Morgan fingerprint density at radius 2 is 1.87 bits per heavy atom. The molecule has 8 nitrogen and oxygen atoms in total. The normalized spacial score (nSPS) is 10.5. The number of rotatable bonds is 7. The van der Waals surface area contributed by atoms with E-state index in [4.69, 9.17) is 4.74 Å². The molecule has 0 saturated heterocycles. The van der Waals surface area contributed by atoms with Gasteiger partial charge >= 0.3 is 0 Å². The number of nitro groups is 1. The molecule has 0 atom stereocenters. The standard InChI is InChI=1S/C21H20N4O4S/c1-13-4-6-15(7-5-13)17-10-14(2)22-21(24-17)30-12-20(26)23-18-11-16(25(27)28)8-9-19(18)29-3/h4-11H,12H2,1-3H3,(H,23,26). The second-order valence-electron chi connectivity index (χ2n) is 6.52. The van der Waals surface area contributed by atoms with Gasteiger partial charge in [-0.3, -0.25) is 14.9 Å². The smallest absolute Gasteiger partial charge is 0.271 e. The van der Waals surface area contributed by atoms with Gasteiger partial charge in [0.15, 0.2) is 5.16 Å². The van der Waals surface area contributed by atoms with Crippen LogP contribution in [0.2, 0.25) is 0 Å². The number of anilines is 1. The van der Waals surface area contributed by atoms with Crippen LogP contribution in [0.1, 0.15) is 11.3 Å². The van der Waals surface area contributed by atoms with Gasteiger partial charge in [-0.15, -0.1) is 0 Å². The van der Waals surface area contributed by atoms with Crippen LogP contribution in [0.15, 0.2) is 53.7 Å². The fraction of sp³-hybridized carbons (Fsp3) is 0.190. The van der Waals surface area contributed by atoms with Crippen molar-refractivity contribution in [2.45, 2.75) is 19.0 Å². The van der Waals surface area contributed by atoms with Gasteiger partial charge < -0.3 is 10.1 Å². The van der Waals surface area contributed by atoms with Crippen LogP contribution in [0.3, 0.4) is 0 Å². The number of amides is 1. The van der Waals surface area contributed by atoms with Gasteiger partial charge in [0, 0.05) is 23.4 Å². The molecule has 30 heavy (non-hydrogen) atoms. The van der Waals surface area contributed by atoms with Gasteiger partial charge in [-0.1, -0.05) is 41.6 Å². The number of nitro benzene ring substituents is 1. The van der Waals surface area contributed by atoms with Crippen molar-refractivity contribution in [2.75, 3.05) is 18.2 Å². The fourth-order valence-electron chi connectivity index (χ4n) is 2.70. The maximum absolute atomic E-state index is 12.4. The van der Waals surface area contributed by atoms with Crippen molar-refractivity contribution in [3.8, 4) is 17.0 Å². The van der Waals surface area contributed by atoms with Crippen LogP contribution in [0, 0.1) is 24.0 Å². The van der Waals surface area contributed by atoms with Crippen LogP contribution in [-0.4, -0.2) is 33.7 Å². The van der Waals surface area contributed by atoms with Crippen LogP contribution < -0.4 is 10.1 Å². The number of nitrogens with one attached hydrogen (secondary N) is 1. The molecule has 154 valence electrons. The van der Waals surface area contributed by atoms with E-state index < -0.39 is 4.92 Å². The van der Waals surface area contributed by atoms with Crippen molar-refractivity contribution in [3.05, 3.63) is 69.9 Å². The van der Waals surface area contributed by atoms with Crippen LogP contribution in [0.25, 0.3) is 11.3 Å². The number of carbonyl (C=O) groups excluding carboxylic acids is 1. The second kappa shape index (κ2) is 9.36. The molecule has 0 unspecified atom stereocenters. The summed E-state index contributed by atoms with van der Waals surface area (Å²) in [6.07, 6.45) is 0. The van der Waals surface area contributed by atoms with Crippen molar-refractivity contribution in [1.29, 1.82) is 0 Å². The molecule has 2 aromatic carbocycles. The molecule has 1 N–H and O–H groups in total. The van der Waals surface area contributed by atoms with E-state index in [9.17, 15) is 14.9 Å². The van der Waals surface area contributed by atoms with E-state index in [0.29, 0.717) is 10.9 Å². The Kier molecular flexibility index (Phi) is 6.63. The minimum Gasteiger partial charge on any atom is -0.495 e. The lowest BCUT2D eigenvalue weighted by molar-refractivity contribution is -0.384. The van der Waals surface area contributed by atoms with Crippen molar-refractivity contribution < 1.29 is 14.5 Å². The number of nitrogens with zero attached hydrogens (tertiary/aromatic N) is 3. The predicted octanol–water partition coefficient (Wildman–Crippen LogP) is 4.41. The lowest BCUT2D eigenvalue weighted by Crippen LogP contribution is -2.15. The number of hydrogen-bond acceptors (Lipinski definition) is 7. The Labute approximate surface area is 177 Å². The molecule has 1 amide bonds. The van der Waals surface area contributed by atoms with E-state index >= 15 is 0 Å². The maximum Gasteiger partial charge on any atom is 0.271 e.